The molecular weight excluding hydrogens is 252 g/mol. The van der Waals surface area contributed by atoms with E-state index in [-0.39, 0.29) is 5.54 Å². The van der Waals surface area contributed by atoms with Gasteiger partial charge in [0, 0.05) is 23.5 Å². The van der Waals surface area contributed by atoms with E-state index in [0.29, 0.717) is 0 Å². The first-order valence-corrected chi connectivity index (χ1v) is 8.38. The number of nitrogens with one attached hydrogen (secondary N) is 1. The molecule has 1 aromatic heterocycles. The van der Waals surface area contributed by atoms with Crippen molar-refractivity contribution in [2.45, 2.75) is 52.6 Å². The van der Waals surface area contributed by atoms with Gasteiger partial charge in [0.2, 0.25) is 0 Å². The molecule has 19 heavy (non-hydrogen) atoms. The van der Waals surface area contributed by atoms with Crippen molar-refractivity contribution >= 4 is 11.3 Å². The fourth-order valence-corrected chi connectivity index (χ4v) is 3.71. The van der Waals surface area contributed by atoms with E-state index < -0.39 is 0 Å². The highest BCUT2D eigenvalue weighted by molar-refractivity contribution is 7.10. The van der Waals surface area contributed by atoms with Gasteiger partial charge in [-0.2, -0.15) is 0 Å². The Labute approximate surface area is 122 Å². The largest absolute Gasteiger partial charge is 0.312 e. The number of hydrogen-bond donors (Lipinski definition) is 1. The zero-order valence-corrected chi connectivity index (χ0v) is 13.6. The molecule has 0 radical (unpaired) electrons. The summed E-state index contributed by atoms with van der Waals surface area (Å²) in [5.41, 5.74) is 1.79. The third kappa shape index (κ3) is 4.59. The molecule has 1 aliphatic rings. The first kappa shape index (κ1) is 15.0. The van der Waals surface area contributed by atoms with E-state index in [1.54, 1.807) is 10.4 Å². The van der Waals surface area contributed by atoms with E-state index in [4.69, 9.17) is 0 Å². The third-order valence-electron chi connectivity index (χ3n) is 3.88. The van der Waals surface area contributed by atoms with Crippen LogP contribution in [0, 0.1) is 5.92 Å². The second-order valence-corrected chi connectivity index (χ2v) is 7.74. The molecule has 0 aromatic carbocycles. The topological polar surface area (TPSA) is 15.3 Å². The number of hydrogen-bond acceptors (Lipinski definition) is 3. The van der Waals surface area contributed by atoms with Gasteiger partial charge in [0.1, 0.15) is 0 Å². The standard InChI is InChI=1S/C16H28N2S/c1-5-14-7-9-19-15(14)12-18-8-6-13(11-18)10-17-16(2,3)4/h7,9,13,17H,5-6,8,10-12H2,1-4H3. The number of aryl methyl sites for hydroxylation is 1. The monoisotopic (exact) mass is 280 g/mol. The van der Waals surface area contributed by atoms with Crippen LogP contribution in [0.5, 0.6) is 0 Å². The van der Waals surface area contributed by atoms with Gasteiger partial charge < -0.3 is 5.32 Å². The molecule has 2 nitrogen and oxygen atoms in total. The van der Waals surface area contributed by atoms with E-state index in [0.717, 1.165) is 19.0 Å². The van der Waals surface area contributed by atoms with E-state index in [1.807, 2.05) is 11.3 Å². The lowest BCUT2D eigenvalue weighted by Gasteiger charge is -2.23. The van der Waals surface area contributed by atoms with Crippen LogP contribution in [0.25, 0.3) is 0 Å². The summed E-state index contributed by atoms with van der Waals surface area (Å²) >= 11 is 1.92. The van der Waals surface area contributed by atoms with Gasteiger partial charge in [0.25, 0.3) is 0 Å². The summed E-state index contributed by atoms with van der Waals surface area (Å²) in [7, 11) is 0. The molecular formula is C16H28N2S. The van der Waals surface area contributed by atoms with Crippen LogP contribution in [-0.2, 0) is 13.0 Å². The van der Waals surface area contributed by atoms with Crippen molar-refractivity contribution in [3.63, 3.8) is 0 Å². The zero-order valence-electron chi connectivity index (χ0n) is 12.8. The van der Waals surface area contributed by atoms with E-state index in [1.165, 1.54) is 25.9 Å². The Bertz CT molecular complexity index is 392. The lowest BCUT2D eigenvalue weighted by atomic mass is 10.1. The molecule has 0 spiro atoms. The molecule has 0 bridgehead atoms. The van der Waals surface area contributed by atoms with Gasteiger partial charge >= 0.3 is 0 Å². The minimum atomic E-state index is 0.247. The summed E-state index contributed by atoms with van der Waals surface area (Å²) in [4.78, 5) is 4.20. The maximum atomic E-state index is 3.64. The smallest absolute Gasteiger partial charge is 0.0330 e. The second kappa shape index (κ2) is 6.38. The van der Waals surface area contributed by atoms with Crippen molar-refractivity contribution in [1.29, 1.82) is 0 Å². The van der Waals surface area contributed by atoms with Gasteiger partial charge in [0.15, 0.2) is 0 Å². The first-order valence-electron chi connectivity index (χ1n) is 7.50. The van der Waals surface area contributed by atoms with Gasteiger partial charge in [-0.25, -0.2) is 0 Å². The number of thiophene rings is 1. The normalized spacial score (nSPS) is 21.2. The van der Waals surface area contributed by atoms with Crippen molar-refractivity contribution < 1.29 is 0 Å². The van der Waals surface area contributed by atoms with Crippen LogP contribution in [-0.4, -0.2) is 30.1 Å². The predicted molar refractivity (Wildman–Crippen MR) is 84.8 cm³/mol. The van der Waals surface area contributed by atoms with Crippen LogP contribution in [0.2, 0.25) is 0 Å². The molecule has 2 rings (SSSR count). The molecule has 1 unspecified atom stereocenters. The number of rotatable bonds is 5. The molecule has 3 heteroatoms. The minimum Gasteiger partial charge on any atom is -0.312 e. The molecule has 1 fully saturated rings. The van der Waals surface area contributed by atoms with Crippen LogP contribution in [0.4, 0.5) is 0 Å². The van der Waals surface area contributed by atoms with Crippen molar-refractivity contribution in [2.75, 3.05) is 19.6 Å². The average molecular weight is 280 g/mol. The van der Waals surface area contributed by atoms with Crippen LogP contribution in [0.3, 0.4) is 0 Å². The van der Waals surface area contributed by atoms with Crippen molar-refractivity contribution in [2.24, 2.45) is 5.92 Å². The quantitative estimate of drug-likeness (QED) is 0.888. The zero-order chi connectivity index (χ0) is 13.9. The van der Waals surface area contributed by atoms with Gasteiger partial charge in [-0.05, 0) is 69.6 Å². The summed E-state index contributed by atoms with van der Waals surface area (Å²) in [6.07, 6.45) is 2.51. The fourth-order valence-electron chi connectivity index (χ4n) is 2.70. The molecule has 0 saturated carbocycles. The summed E-state index contributed by atoms with van der Waals surface area (Å²) in [5, 5.41) is 5.88. The van der Waals surface area contributed by atoms with Crippen molar-refractivity contribution in [3.05, 3.63) is 21.9 Å². The molecule has 0 aliphatic carbocycles. The van der Waals surface area contributed by atoms with E-state index in [9.17, 15) is 0 Å². The van der Waals surface area contributed by atoms with E-state index in [2.05, 4.69) is 49.4 Å². The predicted octanol–water partition coefficient (Wildman–Crippen LogP) is 3.52. The molecule has 1 N–H and O–H groups in total. The highest BCUT2D eigenvalue weighted by atomic mass is 32.1. The second-order valence-electron chi connectivity index (χ2n) is 6.74. The highest BCUT2D eigenvalue weighted by Crippen LogP contribution is 2.24. The number of likely N-dealkylation sites (tertiary alicyclic amines) is 1. The Hall–Kier alpha value is -0.380. The Morgan fingerprint density at radius 1 is 1.42 bits per heavy atom. The fraction of sp³-hybridized carbons (Fsp3) is 0.750. The molecule has 2 heterocycles. The first-order chi connectivity index (χ1) is 8.98. The third-order valence-corrected chi connectivity index (χ3v) is 4.82. The molecule has 1 aliphatic heterocycles. The maximum absolute atomic E-state index is 3.64. The van der Waals surface area contributed by atoms with Crippen LogP contribution >= 0.6 is 11.3 Å². The summed E-state index contributed by atoms with van der Waals surface area (Å²) in [5.74, 6) is 0.823. The molecule has 1 atom stereocenters. The Morgan fingerprint density at radius 3 is 2.89 bits per heavy atom. The molecule has 1 saturated heterocycles. The van der Waals surface area contributed by atoms with Gasteiger partial charge in [-0.3, -0.25) is 4.90 Å². The van der Waals surface area contributed by atoms with Gasteiger partial charge in [-0.1, -0.05) is 6.92 Å². The SMILES string of the molecule is CCc1ccsc1CN1CCC(CNC(C)(C)C)C1. The molecule has 1 aromatic rings. The van der Waals surface area contributed by atoms with Gasteiger partial charge in [-0.15, -0.1) is 11.3 Å². The van der Waals surface area contributed by atoms with E-state index >= 15 is 0 Å². The number of nitrogens with zero attached hydrogens (tertiary/aromatic N) is 1. The highest BCUT2D eigenvalue weighted by Gasteiger charge is 2.24. The Morgan fingerprint density at radius 2 is 2.21 bits per heavy atom. The summed E-state index contributed by atoms with van der Waals surface area (Å²) in [6, 6.07) is 2.29. The van der Waals surface area contributed by atoms with Crippen LogP contribution in [0.15, 0.2) is 11.4 Å². The average Bonchev–Trinajstić information content (AvgIpc) is 2.95. The van der Waals surface area contributed by atoms with Crippen molar-refractivity contribution in [1.82, 2.24) is 10.2 Å². The van der Waals surface area contributed by atoms with Crippen LogP contribution < -0.4 is 5.32 Å². The Balaban J connectivity index is 1.79. The minimum absolute atomic E-state index is 0.247. The summed E-state index contributed by atoms with van der Waals surface area (Å²) < 4.78 is 0. The lowest BCUT2D eigenvalue weighted by Crippen LogP contribution is -2.39. The Kier molecular flexibility index (Phi) is 5.04. The molecule has 0 amide bonds. The summed E-state index contributed by atoms with van der Waals surface area (Å²) in [6.45, 7) is 13.8. The van der Waals surface area contributed by atoms with Crippen LogP contribution in [0.1, 0.15) is 44.6 Å². The van der Waals surface area contributed by atoms with Crippen molar-refractivity contribution in [3.8, 4) is 0 Å². The maximum Gasteiger partial charge on any atom is 0.0330 e. The van der Waals surface area contributed by atoms with Gasteiger partial charge in [0.05, 0.1) is 0 Å². The lowest BCUT2D eigenvalue weighted by molar-refractivity contribution is 0.307. The molecule has 108 valence electrons.